The molecule has 2 amide bonds. The second-order valence-corrected chi connectivity index (χ2v) is 8.20. The molecule has 1 saturated heterocycles. The largest absolute Gasteiger partial charge is 0.452 e. The predicted octanol–water partition coefficient (Wildman–Crippen LogP) is 3.37. The third-order valence-electron chi connectivity index (χ3n) is 5.05. The van der Waals surface area contributed by atoms with E-state index in [1.54, 1.807) is 35.2 Å². The number of carbonyl (C=O) groups excluding carboxylic acids is 4. The zero-order valence-electron chi connectivity index (χ0n) is 16.9. The highest BCUT2D eigenvalue weighted by atomic mass is 32.1. The molecule has 1 aromatic heterocycles. The van der Waals surface area contributed by atoms with Gasteiger partial charge in [0.05, 0.1) is 10.8 Å². The molecule has 1 atom stereocenters. The Morgan fingerprint density at radius 2 is 1.87 bits per heavy atom. The molecule has 158 valence electrons. The van der Waals surface area contributed by atoms with Gasteiger partial charge in [0.2, 0.25) is 0 Å². The lowest BCUT2D eigenvalue weighted by atomic mass is 9.97. The molecule has 1 aliphatic rings. The first-order valence-electron chi connectivity index (χ1n) is 9.80. The van der Waals surface area contributed by atoms with Crippen LogP contribution in [0.4, 0.5) is 5.69 Å². The molecule has 0 radical (unpaired) electrons. The van der Waals surface area contributed by atoms with Gasteiger partial charge in [0.25, 0.3) is 11.8 Å². The molecule has 3 rings (SSSR count). The molecule has 2 aromatic rings. The number of carbonyl (C=O) groups is 4. The van der Waals surface area contributed by atoms with Crippen molar-refractivity contribution < 1.29 is 23.9 Å². The van der Waals surface area contributed by atoms with Crippen molar-refractivity contribution in [2.45, 2.75) is 32.8 Å². The van der Waals surface area contributed by atoms with Crippen LogP contribution in [0.15, 0.2) is 41.8 Å². The number of anilines is 1. The Morgan fingerprint density at radius 3 is 2.50 bits per heavy atom. The quantitative estimate of drug-likeness (QED) is 0.562. The zero-order chi connectivity index (χ0) is 21.7. The Kier molecular flexibility index (Phi) is 6.99. The number of esters is 1. The first-order valence-corrected chi connectivity index (χ1v) is 10.7. The fourth-order valence-corrected chi connectivity index (χ4v) is 3.95. The van der Waals surface area contributed by atoms with Crippen molar-refractivity contribution in [3.63, 3.8) is 0 Å². The summed E-state index contributed by atoms with van der Waals surface area (Å²) in [6.45, 7) is 3.92. The molecule has 1 aromatic carbocycles. The van der Waals surface area contributed by atoms with E-state index in [9.17, 15) is 19.2 Å². The van der Waals surface area contributed by atoms with E-state index in [0.717, 1.165) is 0 Å². The number of benzene rings is 1. The lowest BCUT2D eigenvalue weighted by Crippen LogP contribution is -2.41. The summed E-state index contributed by atoms with van der Waals surface area (Å²) in [5.41, 5.74) is 0.956. The van der Waals surface area contributed by atoms with Gasteiger partial charge >= 0.3 is 5.97 Å². The van der Waals surface area contributed by atoms with Crippen molar-refractivity contribution in [3.8, 4) is 0 Å². The predicted molar refractivity (Wildman–Crippen MR) is 114 cm³/mol. The van der Waals surface area contributed by atoms with E-state index in [0.29, 0.717) is 42.1 Å². The molecule has 1 N–H and O–H groups in total. The van der Waals surface area contributed by atoms with Gasteiger partial charge in [-0.1, -0.05) is 18.2 Å². The van der Waals surface area contributed by atoms with Crippen LogP contribution >= 0.6 is 11.3 Å². The minimum atomic E-state index is -0.968. The van der Waals surface area contributed by atoms with E-state index >= 15 is 0 Å². The minimum Gasteiger partial charge on any atom is -0.452 e. The molecule has 8 heteroatoms. The molecule has 0 saturated carbocycles. The van der Waals surface area contributed by atoms with Gasteiger partial charge in [0.1, 0.15) is 0 Å². The standard InChI is InChI=1S/C22H24N2O5S/c1-14(25)17-5-3-6-18(13-17)23-20(26)15(2)29-22(28)16-8-10-24(11-9-16)21(27)19-7-4-12-30-19/h3-7,12-13,15-16H,8-11H2,1-2H3,(H,23,26). The number of likely N-dealkylation sites (tertiary alicyclic amines) is 1. The third kappa shape index (κ3) is 5.33. The SMILES string of the molecule is CC(=O)c1cccc(NC(=O)C(C)OC(=O)C2CCN(C(=O)c3cccs3)CC2)c1. The van der Waals surface area contributed by atoms with Gasteiger partial charge < -0.3 is 15.0 Å². The summed E-state index contributed by atoms with van der Waals surface area (Å²) in [6.07, 6.45) is 0.0415. The van der Waals surface area contributed by atoms with Crippen LogP contribution < -0.4 is 5.32 Å². The number of hydrogen-bond acceptors (Lipinski definition) is 6. The van der Waals surface area contributed by atoms with Gasteiger partial charge in [-0.15, -0.1) is 11.3 Å². The Bertz CT molecular complexity index is 933. The number of nitrogens with one attached hydrogen (secondary N) is 1. The highest BCUT2D eigenvalue weighted by Gasteiger charge is 2.31. The van der Waals surface area contributed by atoms with Crippen molar-refractivity contribution in [2.75, 3.05) is 18.4 Å². The Morgan fingerprint density at radius 1 is 1.13 bits per heavy atom. The normalized spacial score (nSPS) is 15.3. The fraction of sp³-hybridized carbons (Fsp3) is 0.364. The maximum absolute atomic E-state index is 12.5. The van der Waals surface area contributed by atoms with Crippen LogP contribution in [-0.4, -0.2) is 47.7 Å². The number of Topliss-reactive ketones (excluding diaryl/α,β-unsaturated/α-hetero) is 1. The molecule has 1 aliphatic heterocycles. The maximum atomic E-state index is 12.5. The highest BCUT2D eigenvalue weighted by Crippen LogP contribution is 2.22. The molecule has 0 aliphatic carbocycles. The van der Waals surface area contributed by atoms with E-state index < -0.39 is 18.0 Å². The second kappa shape index (κ2) is 9.67. The fourth-order valence-electron chi connectivity index (χ4n) is 3.26. The van der Waals surface area contributed by atoms with E-state index in [1.807, 2.05) is 11.4 Å². The van der Waals surface area contributed by atoms with Crippen LogP contribution in [-0.2, 0) is 14.3 Å². The molecule has 2 heterocycles. The summed E-state index contributed by atoms with van der Waals surface area (Å²) in [7, 11) is 0. The Balaban J connectivity index is 1.48. The van der Waals surface area contributed by atoms with Gasteiger partial charge in [-0.25, -0.2) is 0 Å². The number of rotatable bonds is 6. The van der Waals surface area contributed by atoms with Crippen LogP contribution in [0.2, 0.25) is 0 Å². The van der Waals surface area contributed by atoms with Crippen molar-refractivity contribution in [3.05, 3.63) is 52.2 Å². The molecule has 7 nitrogen and oxygen atoms in total. The van der Waals surface area contributed by atoms with Crippen molar-refractivity contribution in [2.24, 2.45) is 5.92 Å². The molecule has 0 bridgehead atoms. The first-order chi connectivity index (χ1) is 14.3. The van der Waals surface area contributed by atoms with E-state index in [2.05, 4.69) is 5.32 Å². The summed E-state index contributed by atoms with van der Waals surface area (Å²) in [5.74, 6) is -1.35. The minimum absolute atomic E-state index is 0.0163. The Labute approximate surface area is 179 Å². The number of ketones is 1. The second-order valence-electron chi connectivity index (χ2n) is 7.25. The third-order valence-corrected chi connectivity index (χ3v) is 5.90. The molecule has 1 fully saturated rings. The van der Waals surface area contributed by atoms with Gasteiger partial charge in [-0.05, 0) is 50.3 Å². The number of amides is 2. The number of thiophene rings is 1. The van der Waals surface area contributed by atoms with Crippen molar-refractivity contribution in [1.82, 2.24) is 4.90 Å². The Hall–Kier alpha value is -3.00. The molecular formula is C22H24N2O5S. The average Bonchev–Trinajstić information content (AvgIpc) is 3.28. The average molecular weight is 429 g/mol. The number of piperidine rings is 1. The van der Waals surface area contributed by atoms with E-state index in [4.69, 9.17) is 4.74 Å². The molecule has 1 unspecified atom stereocenters. The lowest BCUT2D eigenvalue weighted by molar-refractivity contribution is -0.158. The summed E-state index contributed by atoms with van der Waals surface area (Å²) in [5, 5.41) is 4.52. The summed E-state index contributed by atoms with van der Waals surface area (Å²) in [4.78, 5) is 51.1. The zero-order valence-corrected chi connectivity index (χ0v) is 17.7. The van der Waals surface area contributed by atoms with E-state index in [1.165, 1.54) is 25.2 Å². The monoisotopic (exact) mass is 428 g/mol. The summed E-state index contributed by atoms with van der Waals surface area (Å²) >= 11 is 1.40. The number of nitrogens with zero attached hydrogens (tertiary/aromatic N) is 1. The first kappa shape index (κ1) is 21.7. The smallest absolute Gasteiger partial charge is 0.309 e. The molecule has 30 heavy (non-hydrogen) atoms. The van der Waals surface area contributed by atoms with Crippen LogP contribution in [0, 0.1) is 5.92 Å². The van der Waals surface area contributed by atoms with Crippen molar-refractivity contribution in [1.29, 1.82) is 0 Å². The van der Waals surface area contributed by atoms with Crippen LogP contribution in [0.5, 0.6) is 0 Å². The van der Waals surface area contributed by atoms with Crippen LogP contribution in [0.25, 0.3) is 0 Å². The van der Waals surface area contributed by atoms with Gasteiger partial charge in [0, 0.05) is 24.3 Å². The number of ether oxygens (including phenoxy) is 1. The topological polar surface area (TPSA) is 92.8 Å². The highest BCUT2D eigenvalue weighted by molar-refractivity contribution is 7.12. The van der Waals surface area contributed by atoms with E-state index in [-0.39, 0.29) is 17.6 Å². The van der Waals surface area contributed by atoms with Gasteiger partial charge in [0.15, 0.2) is 11.9 Å². The number of hydrogen-bond donors (Lipinski definition) is 1. The van der Waals surface area contributed by atoms with Crippen LogP contribution in [0.1, 0.15) is 46.7 Å². The lowest BCUT2D eigenvalue weighted by Gasteiger charge is -2.31. The summed E-state index contributed by atoms with van der Waals surface area (Å²) in [6, 6.07) is 10.2. The van der Waals surface area contributed by atoms with Gasteiger partial charge in [-0.2, -0.15) is 0 Å². The van der Waals surface area contributed by atoms with Gasteiger partial charge in [-0.3, -0.25) is 19.2 Å². The molecule has 0 spiro atoms. The van der Waals surface area contributed by atoms with Crippen LogP contribution in [0.3, 0.4) is 0 Å². The summed E-state index contributed by atoms with van der Waals surface area (Å²) < 4.78 is 5.35. The molecular weight excluding hydrogens is 404 g/mol. The van der Waals surface area contributed by atoms with Crippen molar-refractivity contribution >= 4 is 40.6 Å². The maximum Gasteiger partial charge on any atom is 0.309 e.